The monoisotopic (exact) mass is 424 g/mol. The molecule has 1 heterocycles. The van der Waals surface area contributed by atoms with Crippen LogP contribution < -0.4 is 10.1 Å². The third-order valence-corrected chi connectivity index (χ3v) is 6.25. The van der Waals surface area contributed by atoms with Gasteiger partial charge in [0.1, 0.15) is 5.75 Å². The molecule has 1 N–H and O–H groups in total. The summed E-state index contributed by atoms with van der Waals surface area (Å²) in [4.78, 5) is 12.7. The highest BCUT2D eigenvalue weighted by Gasteiger charge is 2.20. The van der Waals surface area contributed by atoms with E-state index in [1.807, 2.05) is 61.0 Å². The average Bonchev–Trinajstić information content (AvgIpc) is 3.14. The van der Waals surface area contributed by atoms with Crippen LogP contribution in [0.2, 0.25) is 0 Å². The van der Waals surface area contributed by atoms with E-state index in [4.69, 9.17) is 4.74 Å². The first-order valence-corrected chi connectivity index (χ1v) is 10.9. The Morgan fingerprint density at radius 2 is 1.83 bits per heavy atom. The van der Waals surface area contributed by atoms with Gasteiger partial charge in [-0.25, -0.2) is 0 Å². The van der Waals surface area contributed by atoms with Gasteiger partial charge in [-0.2, -0.15) is 0 Å². The van der Waals surface area contributed by atoms with E-state index in [1.54, 1.807) is 7.11 Å². The van der Waals surface area contributed by atoms with Crippen molar-refractivity contribution in [2.24, 2.45) is 7.05 Å². The van der Waals surface area contributed by atoms with E-state index in [-0.39, 0.29) is 11.2 Å². The largest absolute Gasteiger partial charge is 0.497 e. The highest BCUT2D eigenvalue weighted by atomic mass is 32.2. The second-order valence-corrected chi connectivity index (χ2v) is 8.42. The number of rotatable bonds is 9. The molecule has 0 saturated heterocycles. The molecule has 0 fully saturated rings. The van der Waals surface area contributed by atoms with Gasteiger partial charge in [0, 0.05) is 25.1 Å². The lowest BCUT2D eigenvalue weighted by Crippen LogP contribution is -2.34. The maximum Gasteiger partial charge on any atom is 0.233 e. The van der Waals surface area contributed by atoms with Crippen LogP contribution in [0.15, 0.2) is 59.8 Å². The highest BCUT2D eigenvalue weighted by molar-refractivity contribution is 8.00. The van der Waals surface area contributed by atoms with Gasteiger partial charge in [-0.05, 0) is 43.2 Å². The van der Waals surface area contributed by atoms with Crippen LogP contribution in [0.3, 0.4) is 0 Å². The van der Waals surface area contributed by atoms with Crippen LogP contribution in [-0.4, -0.2) is 39.6 Å². The zero-order chi connectivity index (χ0) is 21.5. The first-order valence-electron chi connectivity index (χ1n) is 10.1. The lowest BCUT2D eigenvalue weighted by Gasteiger charge is -2.18. The SMILES string of the molecule is CC[C@H](CNC(=O)[C@@H](C)Sc1nnc(-c2ccc(OC)cc2)n1C)c1ccccc1. The lowest BCUT2D eigenvalue weighted by atomic mass is 9.96. The number of nitrogens with zero attached hydrogens (tertiary/aromatic N) is 3. The molecule has 2 aromatic carbocycles. The van der Waals surface area contributed by atoms with E-state index in [2.05, 4.69) is 34.6 Å². The van der Waals surface area contributed by atoms with Gasteiger partial charge in [-0.15, -0.1) is 10.2 Å². The Balaban J connectivity index is 1.60. The Labute approximate surface area is 182 Å². The van der Waals surface area contributed by atoms with Crippen LogP contribution >= 0.6 is 11.8 Å². The highest BCUT2D eigenvalue weighted by Crippen LogP contribution is 2.27. The fourth-order valence-corrected chi connectivity index (χ4v) is 4.05. The molecule has 0 saturated carbocycles. The number of benzene rings is 2. The zero-order valence-electron chi connectivity index (χ0n) is 17.8. The summed E-state index contributed by atoms with van der Waals surface area (Å²) in [6.45, 7) is 4.66. The number of hydrogen-bond acceptors (Lipinski definition) is 5. The fourth-order valence-electron chi connectivity index (χ4n) is 3.21. The van der Waals surface area contributed by atoms with Crippen LogP contribution in [0.1, 0.15) is 31.7 Å². The van der Waals surface area contributed by atoms with Crippen molar-refractivity contribution < 1.29 is 9.53 Å². The van der Waals surface area contributed by atoms with Crippen molar-refractivity contribution in [3.05, 3.63) is 60.2 Å². The van der Waals surface area contributed by atoms with Crippen molar-refractivity contribution in [1.82, 2.24) is 20.1 Å². The topological polar surface area (TPSA) is 69.0 Å². The molecule has 3 aromatic rings. The number of hydrogen-bond donors (Lipinski definition) is 1. The molecule has 1 amide bonds. The molecule has 158 valence electrons. The van der Waals surface area contributed by atoms with Crippen LogP contribution in [-0.2, 0) is 11.8 Å². The molecule has 7 heteroatoms. The second-order valence-electron chi connectivity index (χ2n) is 7.11. The molecule has 0 bridgehead atoms. The van der Waals surface area contributed by atoms with Gasteiger partial charge in [0.15, 0.2) is 11.0 Å². The van der Waals surface area contributed by atoms with Gasteiger partial charge >= 0.3 is 0 Å². The number of carbonyl (C=O) groups excluding carboxylic acids is 1. The van der Waals surface area contributed by atoms with Crippen molar-refractivity contribution >= 4 is 17.7 Å². The van der Waals surface area contributed by atoms with E-state index in [0.717, 1.165) is 23.6 Å². The molecule has 0 spiro atoms. The summed E-state index contributed by atoms with van der Waals surface area (Å²) in [6, 6.07) is 18.0. The summed E-state index contributed by atoms with van der Waals surface area (Å²) in [6.07, 6.45) is 0.973. The predicted octanol–water partition coefficient (Wildman–Crippen LogP) is 4.28. The molecule has 30 heavy (non-hydrogen) atoms. The van der Waals surface area contributed by atoms with Crippen molar-refractivity contribution in [3.63, 3.8) is 0 Å². The zero-order valence-corrected chi connectivity index (χ0v) is 18.6. The maximum atomic E-state index is 12.7. The standard InChI is InChI=1S/C23H28N4O2S/c1-5-17(18-9-7-6-8-10-18)15-24-22(28)16(2)30-23-26-25-21(27(23)3)19-11-13-20(29-4)14-12-19/h6-14,16-17H,5,15H2,1-4H3,(H,24,28)/t16-,17-/m1/s1. The third kappa shape index (κ3) is 5.21. The molecule has 2 atom stereocenters. The number of amides is 1. The smallest absolute Gasteiger partial charge is 0.233 e. The minimum absolute atomic E-state index is 0.00313. The molecule has 0 aliphatic carbocycles. The normalized spacial score (nSPS) is 12.9. The van der Waals surface area contributed by atoms with Gasteiger partial charge in [0.25, 0.3) is 0 Å². The minimum atomic E-state index is -0.273. The Bertz CT molecular complexity index is 957. The maximum absolute atomic E-state index is 12.7. The summed E-state index contributed by atoms with van der Waals surface area (Å²) in [5.41, 5.74) is 2.20. The molecule has 3 rings (SSSR count). The number of thioether (sulfide) groups is 1. The van der Waals surface area contributed by atoms with Crippen LogP contribution in [0.25, 0.3) is 11.4 Å². The van der Waals surface area contributed by atoms with E-state index in [9.17, 15) is 4.79 Å². The first-order chi connectivity index (χ1) is 14.5. The summed E-state index contributed by atoms with van der Waals surface area (Å²) in [5, 5.41) is 12.1. The van der Waals surface area contributed by atoms with E-state index in [0.29, 0.717) is 17.6 Å². The summed E-state index contributed by atoms with van der Waals surface area (Å²) in [5.74, 6) is 1.86. The molecule has 0 radical (unpaired) electrons. The summed E-state index contributed by atoms with van der Waals surface area (Å²) < 4.78 is 7.12. The molecule has 1 aromatic heterocycles. The van der Waals surface area contributed by atoms with Crippen molar-refractivity contribution in [2.75, 3.05) is 13.7 Å². The second kappa shape index (κ2) is 10.3. The van der Waals surface area contributed by atoms with Crippen LogP contribution in [0.4, 0.5) is 0 Å². The Hall–Kier alpha value is -2.80. The van der Waals surface area contributed by atoms with Gasteiger partial charge in [0.05, 0.1) is 12.4 Å². The predicted molar refractivity (Wildman–Crippen MR) is 121 cm³/mol. The number of carbonyl (C=O) groups is 1. The van der Waals surface area contributed by atoms with Gasteiger partial charge in [-0.3, -0.25) is 4.79 Å². The number of aromatic nitrogens is 3. The summed E-state index contributed by atoms with van der Waals surface area (Å²) >= 11 is 1.41. The van der Waals surface area contributed by atoms with Crippen molar-refractivity contribution in [3.8, 4) is 17.1 Å². The Morgan fingerprint density at radius 3 is 2.47 bits per heavy atom. The van der Waals surface area contributed by atoms with Gasteiger partial charge in [-0.1, -0.05) is 49.0 Å². The molecule has 0 aliphatic heterocycles. The average molecular weight is 425 g/mol. The molecule has 0 aliphatic rings. The molecular formula is C23H28N4O2S. The van der Waals surface area contributed by atoms with Crippen molar-refractivity contribution in [1.29, 1.82) is 0 Å². The Kier molecular flexibility index (Phi) is 7.52. The van der Waals surface area contributed by atoms with E-state index in [1.165, 1.54) is 17.3 Å². The van der Waals surface area contributed by atoms with Gasteiger partial charge < -0.3 is 14.6 Å². The quantitative estimate of drug-likeness (QED) is 0.519. The fraction of sp³-hybridized carbons (Fsp3) is 0.348. The van der Waals surface area contributed by atoms with Crippen LogP contribution in [0, 0.1) is 0 Å². The van der Waals surface area contributed by atoms with E-state index >= 15 is 0 Å². The lowest BCUT2D eigenvalue weighted by molar-refractivity contribution is -0.120. The van der Waals surface area contributed by atoms with Crippen molar-refractivity contribution in [2.45, 2.75) is 36.6 Å². The number of methoxy groups -OCH3 is 1. The molecule has 0 unspecified atom stereocenters. The molecule has 6 nitrogen and oxygen atoms in total. The van der Waals surface area contributed by atoms with Gasteiger partial charge in [0.2, 0.25) is 5.91 Å². The number of ether oxygens (including phenoxy) is 1. The third-order valence-electron chi connectivity index (χ3n) is 5.12. The Morgan fingerprint density at radius 1 is 1.13 bits per heavy atom. The summed E-state index contributed by atoms with van der Waals surface area (Å²) in [7, 11) is 3.55. The first kappa shape index (κ1) is 21.9. The van der Waals surface area contributed by atoms with Crippen LogP contribution in [0.5, 0.6) is 5.75 Å². The number of nitrogens with one attached hydrogen (secondary N) is 1. The minimum Gasteiger partial charge on any atom is -0.497 e. The van der Waals surface area contributed by atoms with E-state index < -0.39 is 0 Å². The molecular weight excluding hydrogens is 396 g/mol.